The Hall–Kier alpha value is -2.19. The van der Waals surface area contributed by atoms with Crippen LogP contribution in [0.1, 0.15) is 19.4 Å². The van der Waals surface area contributed by atoms with Gasteiger partial charge in [-0.15, -0.1) is 0 Å². The molecule has 1 aliphatic heterocycles. The molecule has 0 radical (unpaired) electrons. The SMILES string of the molecule is COc1cc(/C=C2\SC(=O)N(CC(=O)OC(C)C)C2=O)cc(Cl)c1OC. The van der Waals surface area contributed by atoms with Crippen LogP contribution in [0.25, 0.3) is 6.08 Å². The lowest BCUT2D eigenvalue weighted by molar-refractivity contribution is -0.149. The zero-order chi connectivity index (χ0) is 19.4. The third kappa shape index (κ3) is 4.50. The number of ether oxygens (including phenoxy) is 3. The molecule has 1 aliphatic rings. The molecule has 1 aromatic carbocycles. The Labute approximate surface area is 160 Å². The molecule has 0 aromatic heterocycles. The van der Waals surface area contributed by atoms with Crippen LogP contribution in [0.3, 0.4) is 0 Å². The van der Waals surface area contributed by atoms with E-state index in [1.807, 2.05) is 0 Å². The molecule has 2 amide bonds. The number of benzene rings is 1. The summed E-state index contributed by atoms with van der Waals surface area (Å²) in [5, 5.41) is -0.230. The molecule has 26 heavy (non-hydrogen) atoms. The van der Waals surface area contributed by atoms with E-state index in [1.165, 1.54) is 20.3 Å². The molecule has 0 spiro atoms. The topological polar surface area (TPSA) is 82.1 Å². The van der Waals surface area contributed by atoms with E-state index in [0.29, 0.717) is 22.1 Å². The van der Waals surface area contributed by atoms with Gasteiger partial charge in [-0.2, -0.15) is 0 Å². The normalized spacial score (nSPS) is 15.8. The van der Waals surface area contributed by atoms with E-state index in [0.717, 1.165) is 16.7 Å². The molecule has 140 valence electrons. The van der Waals surface area contributed by atoms with Gasteiger partial charge in [0.05, 0.1) is 30.3 Å². The standard InChI is InChI=1S/C17H18ClNO6S/c1-9(2)25-14(20)8-19-16(21)13(26-17(19)22)7-10-5-11(18)15(24-4)12(6-10)23-3/h5-7,9H,8H2,1-4H3/b13-7-. The van der Waals surface area contributed by atoms with Crippen molar-refractivity contribution in [2.24, 2.45) is 0 Å². The van der Waals surface area contributed by atoms with E-state index in [2.05, 4.69) is 0 Å². The van der Waals surface area contributed by atoms with Crippen LogP contribution in [0.2, 0.25) is 5.02 Å². The first-order valence-corrected chi connectivity index (χ1v) is 8.82. The molecule has 0 saturated carbocycles. The molecular weight excluding hydrogens is 382 g/mol. The second-order valence-electron chi connectivity index (χ2n) is 5.54. The lowest BCUT2D eigenvalue weighted by atomic mass is 10.2. The van der Waals surface area contributed by atoms with Crippen LogP contribution < -0.4 is 9.47 Å². The van der Waals surface area contributed by atoms with E-state index in [1.54, 1.807) is 26.0 Å². The van der Waals surface area contributed by atoms with E-state index < -0.39 is 23.7 Å². The number of amides is 2. The molecule has 0 aliphatic carbocycles. The first kappa shape index (κ1) is 20.1. The molecule has 7 nitrogen and oxygen atoms in total. The van der Waals surface area contributed by atoms with Crippen molar-refractivity contribution in [3.63, 3.8) is 0 Å². The lowest BCUT2D eigenvalue weighted by Crippen LogP contribution is -2.35. The van der Waals surface area contributed by atoms with Crippen LogP contribution in [0.5, 0.6) is 11.5 Å². The molecule has 0 N–H and O–H groups in total. The summed E-state index contributed by atoms with van der Waals surface area (Å²) in [6.45, 7) is 2.95. The quantitative estimate of drug-likeness (QED) is 0.535. The highest BCUT2D eigenvalue weighted by molar-refractivity contribution is 8.18. The van der Waals surface area contributed by atoms with Crippen LogP contribution >= 0.6 is 23.4 Å². The summed E-state index contributed by atoms with van der Waals surface area (Å²) in [5.74, 6) is -0.439. The fourth-order valence-corrected chi connectivity index (χ4v) is 3.37. The number of halogens is 1. The summed E-state index contributed by atoms with van der Waals surface area (Å²) in [4.78, 5) is 37.2. The molecule has 0 atom stereocenters. The van der Waals surface area contributed by atoms with Gasteiger partial charge in [0.15, 0.2) is 11.5 Å². The predicted octanol–water partition coefficient (Wildman–Crippen LogP) is 3.35. The minimum Gasteiger partial charge on any atom is -0.493 e. The first-order chi connectivity index (χ1) is 12.3. The van der Waals surface area contributed by atoms with E-state index >= 15 is 0 Å². The van der Waals surface area contributed by atoms with Crippen molar-refractivity contribution < 1.29 is 28.6 Å². The second-order valence-corrected chi connectivity index (χ2v) is 6.95. The highest BCUT2D eigenvalue weighted by Gasteiger charge is 2.36. The number of carbonyl (C=O) groups excluding carboxylic acids is 3. The predicted molar refractivity (Wildman–Crippen MR) is 98.5 cm³/mol. The van der Waals surface area contributed by atoms with Gasteiger partial charge in [0.25, 0.3) is 11.1 Å². The molecule has 1 fully saturated rings. The number of carbonyl (C=O) groups is 3. The number of methoxy groups -OCH3 is 2. The lowest BCUT2D eigenvalue weighted by Gasteiger charge is -2.13. The largest absolute Gasteiger partial charge is 0.493 e. The Morgan fingerprint density at radius 2 is 1.96 bits per heavy atom. The van der Waals surface area contributed by atoms with Crippen molar-refractivity contribution in [2.45, 2.75) is 20.0 Å². The van der Waals surface area contributed by atoms with Gasteiger partial charge in [0.1, 0.15) is 6.54 Å². The minimum atomic E-state index is -0.641. The third-order valence-corrected chi connectivity index (χ3v) is 4.47. The zero-order valence-corrected chi connectivity index (χ0v) is 16.3. The number of hydrogen-bond donors (Lipinski definition) is 0. The minimum absolute atomic E-state index is 0.177. The van der Waals surface area contributed by atoms with Crippen LogP contribution in [0.4, 0.5) is 4.79 Å². The number of imide groups is 1. The maximum atomic E-state index is 12.4. The average molecular weight is 400 g/mol. The smallest absolute Gasteiger partial charge is 0.326 e. The van der Waals surface area contributed by atoms with Crippen molar-refractivity contribution in [3.05, 3.63) is 27.6 Å². The van der Waals surface area contributed by atoms with Gasteiger partial charge >= 0.3 is 5.97 Å². The molecule has 0 unspecified atom stereocenters. The first-order valence-electron chi connectivity index (χ1n) is 7.63. The fourth-order valence-electron chi connectivity index (χ4n) is 2.24. The van der Waals surface area contributed by atoms with Crippen molar-refractivity contribution in [3.8, 4) is 11.5 Å². The molecule has 9 heteroatoms. The van der Waals surface area contributed by atoms with Crippen molar-refractivity contribution in [2.75, 3.05) is 20.8 Å². The summed E-state index contributed by atoms with van der Waals surface area (Å²) in [6.07, 6.45) is 1.18. The summed E-state index contributed by atoms with van der Waals surface area (Å²) in [6, 6.07) is 3.22. The maximum Gasteiger partial charge on any atom is 0.326 e. The molecule has 0 bridgehead atoms. The average Bonchev–Trinajstić information content (AvgIpc) is 2.81. The van der Waals surface area contributed by atoms with Gasteiger partial charge < -0.3 is 14.2 Å². The Morgan fingerprint density at radius 3 is 2.54 bits per heavy atom. The molecule has 1 aromatic rings. The van der Waals surface area contributed by atoms with Crippen molar-refractivity contribution >= 4 is 46.6 Å². The Balaban J connectivity index is 2.25. The van der Waals surface area contributed by atoms with Crippen LogP contribution in [0, 0.1) is 0 Å². The number of hydrogen-bond acceptors (Lipinski definition) is 7. The highest BCUT2D eigenvalue weighted by atomic mass is 35.5. The van der Waals surface area contributed by atoms with Gasteiger partial charge in [-0.1, -0.05) is 11.6 Å². The maximum absolute atomic E-state index is 12.4. The second kappa shape index (κ2) is 8.46. The molecular formula is C17H18ClNO6S. The molecule has 1 saturated heterocycles. The summed E-state index contributed by atoms with van der Waals surface area (Å²) in [5.41, 5.74) is 0.558. The van der Waals surface area contributed by atoms with Gasteiger partial charge in [-0.05, 0) is 49.4 Å². The zero-order valence-electron chi connectivity index (χ0n) is 14.7. The third-order valence-electron chi connectivity index (χ3n) is 3.28. The Bertz CT molecular complexity index is 777. The van der Waals surface area contributed by atoms with Crippen molar-refractivity contribution in [1.82, 2.24) is 4.90 Å². The molecule has 1 heterocycles. The van der Waals surface area contributed by atoms with E-state index in [-0.39, 0.29) is 11.0 Å². The number of rotatable bonds is 6. The van der Waals surface area contributed by atoms with Gasteiger partial charge in [-0.25, -0.2) is 0 Å². The Morgan fingerprint density at radius 1 is 1.27 bits per heavy atom. The summed E-state index contributed by atoms with van der Waals surface area (Å²) in [7, 11) is 2.93. The van der Waals surface area contributed by atoms with E-state index in [9.17, 15) is 14.4 Å². The number of thioether (sulfide) groups is 1. The summed E-state index contributed by atoms with van der Waals surface area (Å²) >= 11 is 6.89. The fraction of sp³-hybridized carbons (Fsp3) is 0.353. The van der Waals surface area contributed by atoms with Crippen LogP contribution in [-0.4, -0.2) is 48.9 Å². The highest BCUT2D eigenvalue weighted by Crippen LogP contribution is 2.38. The Kier molecular flexibility index (Phi) is 6.55. The van der Waals surface area contributed by atoms with E-state index in [4.69, 9.17) is 25.8 Å². The van der Waals surface area contributed by atoms with Gasteiger partial charge in [0.2, 0.25) is 0 Å². The number of esters is 1. The van der Waals surface area contributed by atoms with Crippen LogP contribution in [-0.2, 0) is 14.3 Å². The van der Waals surface area contributed by atoms with Crippen molar-refractivity contribution in [1.29, 1.82) is 0 Å². The molecule has 2 rings (SSSR count). The van der Waals surface area contributed by atoms with Gasteiger partial charge in [0, 0.05) is 0 Å². The summed E-state index contributed by atoms with van der Waals surface area (Å²) < 4.78 is 15.3. The number of nitrogens with zero attached hydrogens (tertiary/aromatic N) is 1. The van der Waals surface area contributed by atoms with Crippen LogP contribution in [0.15, 0.2) is 17.0 Å². The monoisotopic (exact) mass is 399 g/mol. The van der Waals surface area contributed by atoms with Gasteiger partial charge in [-0.3, -0.25) is 19.3 Å².